The van der Waals surface area contributed by atoms with Gasteiger partial charge in [0.1, 0.15) is 0 Å². The molecule has 1 aromatic heterocycles. The lowest BCUT2D eigenvalue weighted by atomic mass is 9.88. The van der Waals surface area contributed by atoms with E-state index >= 15 is 0 Å². The van der Waals surface area contributed by atoms with E-state index in [1.807, 2.05) is 19.3 Å². The maximum atomic E-state index is 4.56. The van der Waals surface area contributed by atoms with Crippen LogP contribution in [0.25, 0.3) is 16.8 Å². The topological polar surface area (TPSA) is 37.3 Å². The molecular formula is C23H25N3. The number of pyridine rings is 1. The molecule has 0 bridgehead atoms. The number of aromatic nitrogens is 1. The number of benzene rings is 1. The molecule has 26 heavy (non-hydrogen) atoms. The van der Waals surface area contributed by atoms with Gasteiger partial charge in [-0.15, -0.1) is 0 Å². The number of nitrogens with one attached hydrogen (secondary N) is 1. The summed E-state index contributed by atoms with van der Waals surface area (Å²) in [6.07, 6.45) is 8.03. The second-order valence-corrected chi connectivity index (χ2v) is 6.36. The van der Waals surface area contributed by atoms with Crippen molar-refractivity contribution >= 4 is 23.1 Å². The lowest BCUT2D eigenvalue weighted by molar-refractivity contribution is 0.945. The monoisotopic (exact) mass is 343 g/mol. The van der Waals surface area contributed by atoms with E-state index in [1.165, 1.54) is 22.3 Å². The summed E-state index contributed by atoms with van der Waals surface area (Å²) < 4.78 is 0. The normalized spacial score (nSPS) is 14.7. The van der Waals surface area contributed by atoms with Crippen molar-refractivity contribution in [3.63, 3.8) is 0 Å². The third-order valence-electron chi connectivity index (χ3n) is 4.82. The Balaban J connectivity index is 2.17. The molecule has 2 aromatic rings. The minimum absolute atomic E-state index is 0.834. The van der Waals surface area contributed by atoms with Crippen molar-refractivity contribution in [3.8, 4) is 0 Å². The fourth-order valence-electron chi connectivity index (χ4n) is 3.54. The summed E-state index contributed by atoms with van der Waals surface area (Å²) in [5.74, 6) is 0. The Morgan fingerprint density at radius 2 is 2.04 bits per heavy atom. The molecule has 0 saturated carbocycles. The third kappa shape index (κ3) is 3.13. The molecule has 1 N–H and O–H groups in total. The summed E-state index contributed by atoms with van der Waals surface area (Å²) in [5.41, 5.74) is 10.3. The minimum Gasteiger partial charge on any atom is -0.381 e. The average molecular weight is 343 g/mol. The van der Waals surface area contributed by atoms with Crippen LogP contribution in [-0.4, -0.2) is 18.2 Å². The smallest absolute Gasteiger partial charge is 0.0457 e. The summed E-state index contributed by atoms with van der Waals surface area (Å²) in [7, 11) is 1.80. The lowest BCUT2D eigenvalue weighted by Crippen LogP contribution is -2.02. The van der Waals surface area contributed by atoms with E-state index in [-0.39, 0.29) is 0 Å². The first-order chi connectivity index (χ1) is 12.6. The van der Waals surface area contributed by atoms with Crippen LogP contribution in [0.4, 0.5) is 0 Å². The van der Waals surface area contributed by atoms with E-state index < -0.39 is 0 Å². The van der Waals surface area contributed by atoms with Crippen molar-refractivity contribution in [3.05, 3.63) is 82.7 Å². The number of nitrogens with zero attached hydrogens (tertiary/aromatic N) is 2. The van der Waals surface area contributed by atoms with E-state index in [9.17, 15) is 0 Å². The number of allylic oxidation sites excluding steroid dienone is 3. The second kappa shape index (κ2) is 7.52. The van der Waals surface area contributed by atoms with Crippen LogP contribution in [-0.2, 0) is 6.54 Å². The molecule has 0 radical (unpaired) electrons. The van der Waals surface area contributed by atoms with Gasteiger partial charge in [-0.25, -0.2) is 0 Å². The number of hydrogen-bond donors (Lipinski definition) is 1. The first kappa shape index (κ1) is 17.9. The van der Waals surface area contributed by atoms with Crippen LogP contribution in [0, 0.1) is 6.92 Å². The van der Waals surface area contributed by atoms with Crippen LogP contribution in [0.15, 0.2) is 54.2 Å². The van der Waals surface area contributed by atoms with Gasteiger partial charge in [0.2, 0.25) is 0 Å². The Labute approximate surface area is 155 Å². The fourth-order valence-corrected chi connectivity index (χ4v) is 3.54. The van der Waals surface area contributed by atoms with Gasteiger partial charge in [-0.3, -0.25) is 9.98 Å². The third-order valence-corrected chi connectivity index (χ3v) is 4.82. The van der Waals surface area contributed by atoms with E-state index in [0.29, 0.717) is 0 Å². The van der Waals surface area contributed by atoms with Crippen LogP contribution in [0.3, 0.4) is 0 Å². The Kier molecular flexibility index (Phi) is 5.17. The molecule has 1 aromatic carbocycles. The molecule has 2 heterocycles. The van der Waals surface area contributed by atoms with Crippen molar-refractivity contribution in [2.24, 2.45) is 4.99 Å². The number of fused-ring (bicyclic) bond motifs is 1. The zero-order chi connectivity index (χ0) is 18.7. The van der Waals surface area contributed by atoms with Crippen LogP contribution in [0.5, 0.6) is 0 Å². The molecule has 0 aliphatic carbocycles. The number of aliphatic imine (C=N–C) groups is 1. The molecule has 3 nitrogen and oxygen atoms in total. The zero-order valence-corrected chi connectivity index (χ0v) is 15.9. The molecule has 3 heteroatoms. The molecule has 0 fully saturated rings. The van der Waals surface area contributed by atoms with Crippen molar-refractivity contribution in [2.45, 2.75) is 27.3 Å². The summed E-state index contributed by atoms with van der Waals surface area (Å²) in [6, 6.07) is 8.66. The average Bonchev–Trinajstić information content (AvgIpc) is 3.02. The van der Waals surface area contributed by atoms with Gasteiger partial charge in [-0.1, -0.05) is 30.9 Å². The van der Waals surface area contributed by atoms with Gasteiger partial charge < -0.3 is 5.32 Å². The molecule has 0 atom stereocenters. The van der Waals surface area contributed by atoms with Crippen LogP contribution in [0.2, 0.25) is 0 Å². The summed E-state index contributed by atoms with van der Waals surface area (Å²) in [4.78, 5) is 8.77. The summed E-state index contributed by atoms with van der Waals surface area (Å²) in [6.45, 7) is 11.1. The molecule has 0 spiro atoms. The summed E-state index contributed by atoms with van der Waals surface area (Å²) in [5, 5.41) is 3.32. The second-order valence-electron chi connectivity index (χ2n) is 6.36. The lowest BCUT2D eigenvalue weighted by Gasteiger charge is -2.17. The quantitative estimate of drug-likeness (QED) is 0.792. The van der Waals surface area contributed by atoms with E-state index in [2.05, 4.69) is 72.1 Å². The molecule has 3 rings (SSSR count). The first-order valence-corrected chi connectivity index (χ1v) is 8.88. The molecular weight excluding hydrogens is 318 g/mol. The molecule has 1 aliphatic heterocycles. The van der Waals surface area contributed by atoms with Crippen LogP contribution < -0.4 is 5.32 Å². The highest BCUT2D eigenvalue weighted by Gasteiger charge is 2.18. The van der Waals surface area contributed by atoms with Crippen molar-refractivity contribution in [1.29, 1.82) is 0 Å². The van der Waals surface area contributed by atoms with Gasteiger partial charge in [0.25, 0.3) is 0 Å². The maximum absolute atomic E-state index is 4.56. The van der Waals surface area contributed by atoms with E-state index in [4.69, 9.17) is 0 Å². The first-order valence-electron chi connectivity index (χ1n) is 8.88. The highest BCUT2D eigenvalue weighted by atomic mass is 14.9. The largest absolute Gasteiger partial charge is 0.381 e. The predicted molar refractivity (Wildman–Crippen MR) is 112 cm³/mol. The van der Waals surface area contributed by atoms with E-state index in [0.717, 1.165) is 34.6 Å². The zero-order valence-electron chi connectivity index (χ0n) is 15.9. The Morgan fingerprint density at radius 1 is 1.23 bits per heavy atom. The maximum Gasteiger partial charge on any atom is 0.0457 e. The van der Waals surface area contributed by atoms with Gasteiger partial charge in [0, 0.05) is 48.5 Å². The molecule has 0 saturated heterocycles. The Bertz CT molecular complexity index is 946. The standard InChI is InChI=1S/C23H25N3/c1-6-17(13-24-5)22-10-11-25-16(4)23(22)20(7-2)18-8-9-21-15(3)26-14-19(21)12-18/h6-13,26H,3,14H2,1-2,4-5H3/b17-6+,20-7-,24-13?. The van der Waals surface area contributed by atoms with Crippen LogP contribution in [0.1, 0.15) is 47.4 Å². The van der Waals surface area contributed by atoms with Crippen molar-refractivity contribution in [1.82, 2.24) is 10.3 Å². The number of hydrogen-bond acceptors (Lipinski definition) is 3. The predicted octanol–water partition coefficient (Wildman–Crippen LogP) is 5.02. The molecule has 0 unspecified atom stereocenters. The van der Waals surface area contributed by atoms with Gasteiger partial charge in [-0.05, 0) is 60.7 Å². The SMILES string of the molecule is C=C1NCc2cc(/C(=C/C)c3c(/C(C=NC)=C/C)ccnc3C)ccc21. The highest BCUT2D eigenvalue weighted by Crippen LogP contribution is 2.34. The highest BCUT2D eigenvalue weighted by molar-refractivity contribution is 6.12. The Hall–Kier alpha value is -2.94. The number of aryl methyl sites for hydroxylation is 1. The van der Waals surface area contributed by atoms with Gasteiger partial charge in [-0.2, -0.15) is 0 Å². The van der Waals surface area contributed by atoms with Gasteiger partial charge in [0.15, 0.2) is 0 Å². The molecule has 0 amide bonds. The van der Waals surface area contributed by atoms with Crippen molar-refractivity contribution < 1.29 is 0 Å². The molecule has 1 aliphatic rings. The Morgan fingerprint density at radius 3 is 2.73 bits per heavy atom. The van der Waals surface area contributed by atoms with E-state index in [1.54, 1.807) is 7.05 Å². The molecule has 132 valence electrons. The summed E-state index contributed by atoms with van der Waals surface area (Å²) >= 11 is 0. The minimum atomic E-state index is 0.834. The fraction of sp³-hybridized carbons (Fsp3) is 0.217. The van der Waals surface area contributed by atoms with Gasteiger partial charge in [0.05, 0.1) is 0 Å². The van der Waals surface area contributed by atoms with Gasteiger partial charge >= 0.3 is 0 Å². The van der Waals surface area contributed by atoms with Crippen molar-refractivity contribution in [2.75, 3.05) is 7.05 Å². The van der Waals surface area contributed by atoms with Crippen LogP contribution >= 0.6 is 0 Å². The number of rotatable bonds is 4.